The molecule has 0 aliphatic heterocycles. The number of benzene rings is 1. The average molecular weight is 341 g/mol. The molecule has 0 heterocycles. The molecule has 1 aromatic carbocycles. The summed E-state index contributed by atoms with van der Waals surface area (Å²) in [5.74, 6) is -1.79. The molecule has 0 aliphatic rings. The molecule has 20 heavy (non-hydrogen) atoms. The van der Waals surface area contributed by atoms with Gasteiger partial charge in [0.15, 0.2) is 19.7 Å². The van der Waals surface area contributed by atoms with Gasteiger partial charge in [-0.3, -0.25) is 0 Å². The lowest BCUT2D eigenvalue weighted by Crippen LogP contribution is -2.24. The molecule has 0 aliphatic carbocycles. The van der Waals surface area contributed by atoms with E-state index in [1.54, 1.807) is 0 Å². The third-order valence-electron chi connectivity index (χ3n) is 2.54. The molecule has 0 saturated carbocycles. The number of sulfone groups is 2. The van der Waals surface area contributed by atoms with E-state index < -0.39 is 46.1 Å². The highest BCUT2D eigenvalue weighted by Gasteiger charge is 2.26. The summed E-state index contributed by atoms with van der Waals surface area (Å²) < 4.78 is 69.6. The van der Waals surface area contributed by atoms with Crippen LogP contribution in [0.15, 0.2) is 34.1 Å². The van der Waals surface area contributed by atoms with Crippen molar-refractivity contribution in [1.82, 2.24) is 0 Å². The highest BCUT2D eigenvalue weighted by atomic mass is 32.2. The summed E-state index contributed by atoms with van der Waals surface area (Å²) in [7, 11) is -11.7. The van der Waals surface area contributed by atoms with Crippen molar-refractivity contribution in [2.75, 3.05) is 17.3 Å². The van der Waals surface area contributed by atoms with Crippen LogP contribution in [-0.4, -0.2) is 42.5 Å². The Labute approximate surface area is 118 Å². The van der Waals surface area contributed by atoms with Crippen molar-refractivity contribution in [3.8, 4) is 0 Å². The Bertz CT molecular complexity index is 793. The van der Waals surface area contributed by atoms with E-state index in [1.165, 1.54) is 25.1 Å². The molecule has 0 fully saturated rings. The summed E-state index contributed by atoms with van der Waals surface area (Å²) in [5, 5.41) is 4.76. The molecule has 10 heteroatoms. The smallest absolute Gasteiger partial charge is 0.210 e. The van der Waals surface area contributed by atoms with Crippen molar-refractivity contribution >= 4 is 29.7 Å². The van der Waals surface area contributed by atoms with Crippen LogP contribution in [0.3, 0.4) is 0 Å². The second-order valence-corrected chi connectivity index (χ2v) is 10.1. The molecule has 114 valence electrons. The van der Waals surface area contributed by atoms with Crippen molar-refractivity contribution in [2.45, 2.75) is 16.7 Å². The van der Waals surface area contributed by atoms with Gasteiger partial charge in [-0.15, -0.1) is 0 Å². The van der Waals surface area contributed by atoms with Gasteiger partial charge in [0.1, 0.15) is 0 Å². The minimum absolute atomic E-state index is 0.255. The lowest BCUT2D eigenvalue weighted by atomic mass is 10.4. The molecule has 0 saturated heterocycles. The number of sulfonamides is 1. The average Bonchev–Trinajstić information content (AvgIpc) is 2.36. The Morgan fingerprint density at radius 2 is 1.30 bits per heavy atom. The van der Waals surface area contributed by atoms with Crippen LogP contribution < -0.4 is 5.14 Å². The van der Waals surface area contributed by atoms with Gasteiger partial charge in [-0.05, 0) is 12.1 Å². The molecule has 0 aromatic heterocycles. The predicted octanol–water partition coefficient (Wildman–Crippen LogP) is -0.458. The van der Waals surface area contributed by atoms with Crippen molar-refractivity contribution in [2.24, 2.45) is 5.14 Å². The van der Waals surface area contributed by atoms with Crippen molar-refractivity contribution in [1.29, 1.82) is 0 Å². The minimum Gasteiger partial charge on any atom is -0.229 e. The van der Waals surface area contributed by atoms with Gasteiger partial charge in [0.05, 0.1) is 27.0 Å². The first-order valence-corrected chi connectivity index (χ1v) is 10.6. The molecule has 1 aromatic rings. The van der Waals surface area contributed by atoms with E-state index in [2.05, 4.69) is 0 Å². The van der Waals surface area contributed by atoms with E-state index in [4.69, 9.17) is 5.14 Å². The van der Waals surface area contributed by atoms with Crippen LogP contribution in [0, 0.1) is 0 Å². The van der Waals surface area contributed by atoms with Crippen LogP contribution in [0.4, 0.5) is 0 Å². The Hall–Kier alpha value is -0.970. The maximum Gasteiger partial charge on any atom is 0.210 e. The topological polar surface area (TPSA) is 128 Å². The van der Waals surface area contributed by atoms with Crippen molar-refractivity contribution < 1.29 is 25.3 Å². The number of rotatable bonds is 6. The monoisotopic (exact) mass is 341 g/mol. The molecular formula is C10H15NO6S3. The van der Waals surface area contributed by atoms with Gasteiger partial charge in [0, 0.05) is 0 Å². The van der Waals surface area contributed by atoms with Gasteiger partial charge < -0.3 is 0 Å². The summed E-state index contributed by atoms with van der Waals surface area (Å²) >= 11 is 0. The fourth-order valence-electron chi connectivity index (χ4n) is 1.46. The zero-order valence-electron chi connectivity index (χ0n) is 10.7. The summed E-state index contributed by atoms with van der Waals surface area (Å²) in [6.07, 6.45) is 0. The standard InChI is InChI=1S/C10H15NO6S3/c1-2-18(12,13)9-5-3-4-6-10(9)19(14,15)7-8-20(11,16)17/h3-6H,2,7-8H2,1H3,(H2,11,16,17). The normalized spacial score (nSPS) is 13.3. The molecule has 0 radical (unpaired) electrons. The number of primary sulfonamides is 1. The van der Waals surface area contributed by atoms with Crippen LogP contribution >= 0.6 is 0 Å². The van der Waals surface area contributed by atoms with Crippen LogP contribution in [0.1, 0.15) is 6.92 Å². The summed E-state index contributed by atoms with van der Waals surface area (Å²) in [6.45, 7) is 1.39. The van der Waals surface area contributed by atoms with Crippen LogP contribution in [-0.2, 0) is 29.7 Å². The number of hydrogen-bond donors (Lipinski definition) is 1. The van der Waals surface area contributed by atoms with Gasteiger partial charge in [0.2, 0.25) is 10.0 Å². The summed E-state index contributed by atoms with van der Waals surface area (Å²) in [6, 6.07) is 5.10. The predicted molar refractivity (Wildman–Crippen MR) is 74.2 cm³/mol. The molecule has 2 N–H and O–H groups in total. The van der Waals surface area contributed by atoms with Crippen LogP contribution in [0.5, 0.6) is 0 Å². The van der Waals surface area contributed by atoms with Gasteiger partial charge in [-0.1, -0.05) is 19.1 Å². The second kappa shape index (κ2) is 5.80. The first-order valence-electron chi connectivity index (χ1n) is 5.54. The summed E-state index contributed by atoms with van der Waals surface area (Å²) in [5.41, 5.74) is 0. The lowest BCUT2D eigenvalue weighted by molar-refractivity contribution is 0.581. The van der Waals surface area contributed by atoms with Gasteiger partial charge in [-0.25, -0.2) is 30.4 Å². The van der Waals surface area contributed by atoms with E-state index in [-0.39, 0.29) is 10.6 Å². The quantitative estimate of drug-likeness (QED) is 0.745. The van der Waals surface area contributed by atoms with Crippen LogP contribution in [0.25, 0.3) is 0 Å². The van der Waals surface area contributed by atoms with Crippen LogP contribution in [0.2, 0.25) is 0 Å². The zero-order valence-corrected chi connectivity index (χ0v) is 13.1. The Morgan fingerprint density at radius 1 is 0.850 bits per heavy atom. The fraction of sp³-hybridized carbons (Fsp3) is 0.400. The third kappa shape index (κ3) is 4.27. The SMILES string of the molecule is CCS(=O)(=O)c1ccccc1S(=O)(=O)CCS(N)(=O)=O. The molecule has 0 unspecified atom stereocenters. The highest BCUT2D eigenvalue weighted by Crippen LogP contribution is 2.22. The first kappa shape index (κ1) is 17.1. The minimum atomic E-state index is -4.06. The first-order chi connectivity index (χ1) is 8.99. The third-order valence-corrected chi connectivity index (χ3v) is 7.25. The number of nitrogens with two attached hydrogens (primary N) is 1. The molecule has 0 bridgehead atoms. The Kier molecular flexibility index (Phi) is 4.95. The largest absolute Gasteiger partial charge is 0.229 e. The maximum atomic E-state index is 12.1. The summed E-state index contributed by atoms with van der Waals surface area (Å²) in [4.78, 5) is -0.720. The lowest BCUT2D eigenvalue weighted by Gasteiger charge is -2.09. The van der Waals surface area contributed by atoms with Crippen molar-refractivity contribution in [3.63, 3.8) is 0 Å². The maximum absolute atomic E-state index is 12.1. The molecule has 0 atom stereocenters. The van der Waals surface area contributed by atoms with E-state index in [1.807, 2.05) is 0 Å². The van der Waals surface area contributed by atoms with Crippen molar-refractivity contribution in [3.05, 3.63) is 24.3 Å². The Balaban J connectivity index is 3.34. The molecule has 1 rings (SSSR count). The molecule has 7 nitrogen and oxygen atoms in total. The molecular weight excluding hydrogens is 326 g/mol. The van der Waals surface area contributed by atoms with Gasteiger partial charge >= 0.3 is 0 Å². The number of hydrogen-bond acceptors (Lipinski definition) is 6. The van der Waals surface area contributed by atoms with E-state index in [0.717, 1.165) is 6.07 Å². The zero-order chi connectivity index (χ0) is 15.6. The fourth-order valence-corrected chi connectivity index (χ4v) is 5.88. The van der Waals surface area contributed by atoms with Gasteiger partial charge in [-0.2, -0.15) is 0 Å². The molecule has 0 spiro atoms. The highest BCUT2D eigenvalue weighted by molar-refractivity contribution is 7.95. The van der Waals surface area contributed by atoms with Gasteiger partial charge in [0.25, 0.3) is 0 Å². The molecule has 0 amide bonds. The van der Waals surface area contributed by atoms with E-state index in [0.29, 0.717) is 0 Å². The van der Waals surface area contributed by atoms with E-state index >= 15 is 0 Å². The van der Waals surface area contributed by atoms with E-state index in [9.17, 15) is 25.3 Å². The Morgan fingerprint density at radius 3 is 1.70 bits per heavy atom. The second-order valence-electron chi connectivity index (χ2n) is 4.04.